The third kappa shape index (κ3) is 5.27. The Morgan fingerprint density at radius 1 is 1.20 bits per heavy atom. The molecule has 25 heavy (non-hydrogen) atoms. The highest BCUT2D eigenvalue weighted by molar-refractivity contribution is 7.90. The first-order valence-electron chi connectivity index (χ1n) is 7.87. The summed E-state index contributed by atoms with van der Waals surface area (Å²) in [5, 5.41) is 7.57. The highest BCUT2D eigenvalue weighted by Crippen LogP contribution is 2.17. The van der Waals surface area contributed by atoms with E-state index in [0.717, 1.165) is 21.8 Å². The summed E-state index contributed by atoms with van der Waals surface area (Å²) >= 11 is 1.67. The first-order chi connectivity index (χ1) is 11.7. The van der Waals surface area contributed by atoms with Crippen molar-refractivity contribution in [1.29, 1.82) is 0 Å². The molecule has 0 spiro atoms. The number of sulfone groups is 1. The Morgan fingerprint density at radius 2 is 1.88 bits per heavy atom. The molecular formula is C17H24N4O2S2. The molecule has 0 saturated heterocycles. The quantitative estimate of drug-likeness (QED) is 0.614. The fourth-order valence-electron chi connectivity index (χ4n) is 2.55. The monoisotopic (exact) mass is 380 g/mol. The number of aryl methyl sites for hydroxylation is 3. The summed E-state index contributed by atoms with van der Waals surface area (Å²) in [6.45, 7) is 7.04. The molecule has 0 bridgehead atoms. The van der Waals surface area contributed by atoms with Crippen LogP contribution in [-0.4, -0.2) is 32.7 Å². The third-order valence-electron chi connectivity index (χ3n) is 3.74. The Bertz CT molecular complexity index is 886. The molecule has 0 aliphatic carbocycles. The van der Waals surface area contributed by atoms with Crippen molar-refractivity contribution >= 4 is 27.1 Å². The Balaban J connectivity index is 1.97. The Morgan fingerprint density at radius 3 is 2.40 bits per heavy atom. The van der Waals surface area contributed by atoms with Gasteiger partial charge in [0.05, 0.1) is 22.1 Å². The van der Waals surface area contributed by atoms with E-state index in [2.05, 4.69) is 20.6 Å². The van der Waals surface area contributed by atoms with E-state index in [4.69, 9.17) is 0 Å². The number of hydrogen-bond donors (Lipinski definition) is 2. The number of rotatable bonds is 5. The molecule has 2 rings (SSSR count). The Kier molecular flexibility index (Phi) is 6.18. The molecule has 2 aromatic rings. The molecule has 136 valence electrons. The molecule has 1 aromatic heterocycles. The number of hydrogen-bond acceptors (Lipinski definition) is 5. The van der Waals surface area contributed by atoms with Crippen molar-refractivity contribution in [2.75, 3.05) is 13.3 Å². The minimum absolute atomic E-state index is 0.370. The van der Waals surface area contributed by atoms with Gasteiger partial charge in [-0.1, -0.05) is 12.1 Å². The van der Waals surface area contributed by atoms with Crippen LogP contribution >= 0.6 is 11.3 Å². The van der Waals surface area contributed by atoms with Crippen molar-refractivity contribution < 1.29 is 8.42 Å². The van der Waals surface area contributed by atoms with Gasteiger partial charge in [0, 0.05) is 24.7 Å². The molecule has 1 aromatic carbocycles. The maximum absolute atomic E-state index is 11.7. The van der Waals surface area contributed by atoms with E-state index >= 15 is 0 Å². The molecule has 8 heteroatoms. The second-order valence-corrected chi connectivity index (χ2v) is 9.16. The average Bonchev–Trinajstić information content (AvgIpc) is 2.84. The number of guanidine groups is 1. The van der Waals surface area contributed by atoms with E-state index in [9.17, 15) is 8.42 Å². The minimum atomic E-state index is -3.19. The van der Waals surface area contributed by atoms with E-state index in [1.165, 1.54) is 11.1 Å². The van der Waals surface area contributed by atoms with Crippen LogP contribution < -0.4 is 10.6 Å². The predicted molar refractivity (Wildman–Crippen MR) is 103 cm³/mol. The van der Waals surface area contributed by atoms with Crippen LogP contribution in [0.15, 0.2) is 28.1 Å². The lowest BCUT2D eigenvalue weighted by molar-refractivity contribution is 0.601. The number of nitrogens with one attached hydrogen (secondary N) is 2. The van der Waals surface area contributed by atoms with E-state index in [1.807, 2.05) is 32.9 Å². The zero-order valence-corrected chi connectivity index (χ0v) is 16.8. The van der Waals surface area contributed by atoms with Crippen molar-refractivity contribution in [3.63, 3.8) is 0 Å². The van der Waals surface area contributed by atoms with Gasteiger partial charge >= 0.3 is 0 Å². The van der Waals surface area contributed by atoms with Gasteiger partial charge in [-0.25, -0.2) is 13.4 Å². The fraction of sp³-hybridized carbons (Fsp3) is 0.412. The van der Waals surface area contributed by atoms with Crippen molar-refractivity contribution in [2.24, 2.45) is 4.99 Å². The van der Waals surface area contributed by atoms with Crippen molar-refractivity contribution in [3.05, 3.63) is 44.9 Å². The lowest BCUT2D eigenvalue weighted by atomic mass is 10.1. The Labute approximate surface area is 153 Å². The second-order valence-electron chi connectivity index (χ2n) is 5.89. The topological polar surface area (TPSA) is 83.5 Å². The minimum Gasteiger partial charge on any atom is -0.352 e. The zero-order valence-electron chi connectivity index (χ0n) is 15.2. The molecule has 0 atom stereocenters. The molecule has 6 nitrogen and oxygen atoms in total. The first kappa shape index (κ1) is 19.4. The van der Waals surface area contributed by atoms with E-state index in [-0.39, 0.29) is 0 Å². The molecule has 2 N–H and O–H groups in total. The van der Waals surface area contributed by atoms with Crippen LogP contribution in [0.4, 0.5) is 0 Å². The summed E-state index contributed by atoms with van der Waals surface area (Å²) < 4.78 is 23.4. The SMILES string of the molecule is CN=C(NCc1ccc(S(C)(=O)=O)c(C)c1)NCc1sc(C)nc1C. The summed E-state index contributed by atoms with van der Waals surface area (Å²) in [5.41, 5.74) is 2.79. The largest absolute Gasteiger partial charge is 0.352 e. The first-order valence-corrected chi connectivity index (χ1v) is 10.6. The second kappa shape index (κ2) is 7.97. The van der Waals surface area contributed by atoms with Crippen LogP contribution in [0.25, 0.3) is 0 Å². The normalized spacial score (nSPS) is 12.3. The summed E-state index contributed by atoms with van der Waals surface area (Å²) in [6, 6.07) is 5.36. The van der Waals surface area contributed by atoms with Crippen LogP contribution in [0.2, 0.25) is 0 Å². The average molecular weight is 381 g/mol. The number of thiazole rings is 1. The van der Waals surface area contributed by atoms with Gasteiger partial charge < -0.3 is 10.6 Å². The number of benzene rings is 1. The van der Waals surface area contributed by atoms with Gasteiger partial charge in [0.15, 0.2) is 15.8 Å². The third-order valence-corrected chi connectivity index (χ3v) is 6.07. The summed E-state index contributed by atoms with van der Waals surface area (Å²) in [6.07, 6.45) is 1.22. The molecule has 0 unspecified atom stereocenters. The maximum Gasteiger partial charge on any atom is 0.191 e. The molecule has 1 heterocycles. The number of nitrogens with zero attached hydrogens (tertiary/aromatic N) is 2. The molecular weight excluding hydrogens is 356 g/mol. The van der Waals surface area contributed by atoms with Crippen LogP contribution in [0, 0.1) is 20.8 Å². The lowest BCUT2D eigenvalue weighted by Gasteiger charge is -2.12. The smallest absolute Gasteiger partial charge is 0.191 e. The number of aliphatic imine (C=N–C) groups is 1. The van der Waals surface area contributed by atoms with E-state index in [1.54, 1.807) is 24.5 Å². The maximum atomic E-state index is 11.7. The van der Waals surface area contributed by atoms with Gasteiger partial charge in [-0.05, 0) is 38.0 Å². The van der Waals surface area contributed by atoms with Crippen LogP contribution in [0.3, 0.4) is 0 Å². The summed E-state index contributed by atoms with van der Waals surface area (Å²) in [5.74, 6) is 0.690. The predicted octanol–water partition coefficient (Wildman–Crippen LogP) is 2.34. The van der Waals surface area contributed by atoms with Crippen molar-refractivity contribution in [3.8, 4) is 0 Å². The van der Waals surface area contributed by atoms with E-state index < -0.39 is 9.84 Å². The Hall–Kier alpha value is -1.93. The lowest BCUT2D eigenvalue weighted by Crippen LogP contribution is -2.36. The number of aromatic nitrogens is 1. The van der Waals surface area contributed by atoms with Gasteiger partial charge in [0.2, 0.25) is 0 Å². The van der Waals surface area contributed by atoms with Crippen LogP contribution in [-0.2, 0) is 22.9 Å². The van der Waals surface area contributed by atoms with E-state index in [0.29, 0.717) is 23.9 Å². The molecule has 0 fully saturated rings. The van der Waals surface area contributed by atoms with Gasteiger partial charge in [-0.15, -0.1) is 11.3 Å². The van der Waals surface area contributed by atoms with Gasteiger partial charge in [0.1, 0.15) is 0 Å². The van der Waals surface area contributed by atoms with Gasteiger partial charge in [0.25, 0.3) is 0 Å². The van der Waals surface area contributed by atoms with Crippen LogP contribution in [0.1, 0.15) is 26.7 Å². The standard InChI is InChI=1S/C17H24N4O2S2/c1-11-8-14(6-7-16(11)25(5,22)23)9-19-17(18-4)20-10-15-12(2)21-13(3)24-15/h6-8H,9-10H2,1-5H3,(H2,18,19,20). The fourth-order valence-corrected chi connectivity index (χ4v) is 4.38. The van der Waals surface area contributed by atoms with Gasteiger partial charge in [-0.2, -0.15) is 0 Å². The molecule has 0 aliphatic heterocycles. The molecule has 0 saturated carbocycles. The summed E-state index contributed by atoms with van der Waals surface area (Å²) in [7, 11) is -1.47. The van der Waals surface area contributed by atoms with Crippen LogP contribution in [0.5, 0.6) is 0 Å². The van der Waals surface area contributed by atoms with Gasteiger partial charge in [-0.3, -0.25) is 4.99 Å². The van der Waals surface area contributed by atoms with Crippen molar-refractivity contribution in [1.82, 2.24) is 15.6 Å². The molecule has 0 aliphatic rings. The molecule has 0 amide bonds. The highest BCUT2D eigenvalue weighted by Gasteiger charge is 2.11. The zero-order chi connectivity index (χ0) is 18.6. The van der Waals surface area contributed by atoms with Crippen molar-refractivity contribution in [2.45, 2.75) is 38.8 Å². The highest BCUT2D eigenvalue weighted by atomic mass is 32.2. The summed E-state index contributed by atoms with van der Waals surface area (Å²) in [4.78, 5) is 10.2. The molecule has 0 radical (unpaired) electrons.